The molecule has 20 heavy (non-hydrogen) atoms. The molecule has 5 heteroatoms. The molecule has 0 aromatic heterocycles. The van der Waals surface area contributed by atoms with Crippen LogP contribution in [0.2, 0.25) is 0 Å². The molecular formula is C15H15N3O2. The Labute approximate surface area is 118 Å². The van der Waals surface area contributed by atoms with Crippen LogP contribution in [0.5, 0.6) is 5.75 Å². The molecule has 0 radical (unpaired) electrons. The van der Waals surface area contributed by atoms with Gasteiger partial charge in [0.15, 0.2) is 0 Å². The largest absolute Gasteiger partial charge is 0.496 e. The Kier molecular flexibility index (Phi) is 5.80. The molecule has 102 valence electrons. The summed E-state index contributed by atoms with van der Waals surface area (Å²) >= 11 is 0. The smallest absolute Gasteiger partial charge is 0.248 e. The summed E-state index contributed by atoms with van der Waals surface area (Å²) in [5.41, 5.74) is 1.82. The maximum absolute atomic E-state index is 11.9. The van der Waals surface area contributed by atoms with Crippen molar-refractivity contribution in [1.29, 1.82) is 10.5 Å². The summed E-state index contributed by atoms with van der Waals surface area (Å²) in [6, 6.07) is 9.34. The van der Waals surface area contributed by atoms with Gasteiger partial charge in [-0.2, -0.15) is 10.5 Å². The van der Waals surface area contributed by atoms with Gasteiger partial charge in [0.1, 0.15) is 18.8 Å². The third-order valence-electron chi connectivity index (χ3n) is 2.63. The lowest BCUT2D eigenvalue weighted by atomic mass is 10.1. The molecule has 0 aliphatic rings. The molecule has 0 atom stereocenters. The highest BCUT2D eigenvalue weighted by Crippen LogP contribution is 2.21. The van der Waals surface area contributed by atoms with Gasteiger partial charge in [-0.05, 0) is 25.1 Å². The van der Waals surface area contributed by atoms with Gasteiger partial charge in [0, 0.05) is 11.6 Å². The van der Waals surface area contributed by atoms with E-state index in [2.05, 4.69) is 0 Å². The van der Waals surface area contributed by atoms with Crippen LogP contribution in [-0.2, 0) is 4.79 Å². The number of methoxy groups -OCH3 is 1. The van der Waals surface area contributed by atoms with E-state index in [-0.39, 0.29) is 19.0 Å². The number of aryl methyl sites for hydroxylation is 1. The predicted molar refractivity (Wildman–Crippen MR) is 74.6 cm³/mol. The maximum atomic E-state index is 11.9. The molecule has 0 bridgehead atoms. The fourth-order valence-electron chi connectivity index (χ4n) is 1.63. The Hall–Kier alpha value is -2.79. The Morgan fingerprint density at radius 1 is 1.35 bits per heavy atom. The van der Waals surface area contributed by atoms with E-state index < -0.39 is 0 Å². The Bertz CT molecular complexity index is 578. The number of hydrogen-bond acceptors (Lipinski definition) is 4. The van der Waals surface area contributed by atoms with E-state index >= 15 is 0 Å². The third kappa shape index (κ3) is 4.15. The summed E-state index contributed by atoms with van der Waals surface area (Å²) in [6.45, 7) is 1.72. The average Bonchev–Trinajstić information content (AvgIpc) is 2.44. The molecule has 0 aliphatic heterocycles. The van der Waals surface area contributed by atoms with Crippen LogP contribution in [0.1, 0.15) is 11.1 Å². The Balaban J connectivity index is 2.91. The summed E-state index contributed by atoms with van der Waals surface area (Å²) in [5, 5.41) is 17.2. The lowest BCUT2D eigenvalue weighted by Crippen LogP contribution is -2.30. The van der Waals surface area contributed by atoms with E-state index in [1.165, 1.54) is 11.0 Å². The minimum absolute atomic E-state index is 0.109. The van der Waals surface area contributed by atoms with Crippen LogP contribution in [0, 0.1) is 29.6 Å². The molecule has 0 N–H and O–H groups in total. The van der Waals surface area contributed by atoms with Crippen molar-refractivity contribution in [2.24, 2.45) is 0 Å². The van der Waals surface area contributed by atoms with Crippen LogP contribution in [0.3, 0.4) is 0 Å². The zero-order chi connectivity index (χ0) is 15.0. The van der Waals surface area contributed by atoms with Crippen LogP contribution in [0.4, 0.5) is 0 Å². The number of rotatable bonds is 5. The van der Waals surface area contributed by atoms with Crippen molar-refractivity contribution in [1.82, 2.24) is 4.90 Å². The van der Waals surface area contributed by atoms with Gasteiger partial charge in [-0.25, -0.2) is 0 Å². The van der Waals surface area contributed by atoms with Crippen molar-refractivity contribution in [2.75, 3.05) is 20.2 Å². The molecular weight excluding hydrogens is 254 g/mol. The molecule has 0 fully saturated rings. The summed E-state index contributed by atoms with van der Waals surface area (Å²) < 4.78 is 5.21. The van der Waals surface area contributed by atoms with Crippen molar-refractivity contribution >= 4 is 12.0 Å². The first-order chi connectivity index (χ1) is 9.62. The number of nitrogens with zero attached hydrogens (tertiary/aromatic N) is 3. The van der Waals surface area contributed by atoms with E-state index in [0.717, 1.165) is 11.1 Å². The lowest BCUT2D eigenvalue weighted by molar-refractivity contribution is -0.124. The molecule has 0 heterocycles. The highest BCUT2D eigenvalue weighted by Gasteiger charge is 2.09. The van der Waals surface area contributed by atoms with Gasteiger partial charge >= 0.3 is 0 Å². The summed E-state index contributed by atoms with van der Waals surface area (Å²) in [6.07, 6.45) is 2.96. The molecule has 0 aliphatic carbocycles. The normalized spacial score (nSPS) is 9.80. The van der Waals surface area contributed by atoms with Crippen molar-refractivity contribution in [3.05, 3.63) is 35.4 Å². The monoisotopic (exact) mass is 269 g/mol. The molecule has 1 aromatic rings. The predicted octanol–water partition coefficient (Wildman–Crippen LogP) is 1.89. The van der Waals surface area contributed by atoms with Crippen molar-refractivity contribution in [3.63, 3.8) is 0 Å². The van der Waals surface area contributed by atoms with Crippen molar-refractivity contribution in [3.8, 4) is 17.9 Å². The molecule has 0 unspecified atom stereocenters. The quantitative estimate of drug-likeness (QED) is 0.604. The first-order valence-corrected chi connectivity index (χ1v) is 5.98. The highest BCUT2D eigenvalue weighted by molar-refractivity contribution is 5.92. The van der Waals surface area contributed by atoms with Crippen LogP contribution in [0.25, 0.3) is 6.08 Å². The zero-order valence-electron chi connectivity index (χ0n) is 11.5. The summed E-state index contributed by atoms with van der Waals surface area (Å²) in [4.78, 5) is 13.0. The maximum Gasteiger partial charge on any atom is 0.248 e. The molecule has 0 spiro atoms. The van der Waals surface area contributed by atoms with Gasteiger partial charge in [-0.15, -0.1) is 0 Å². The van der Waals surface area contributed by atoms with E-state index in [1.807, 2.05) is 37.3 Å². The van der Waals surface area contributed by atoms with Gasteiger partial charge in [0.25, 0.3) is 0 Å². The number of amides is 1. The number of carbonyl (C=O) groups is 1. The van der Waals surface area contributed by atoms with Gasteiger partial charge < -0.3 is 9.64 Å². The second kappa shape index (κ2) is 7.60. The number of hydrogen-bond donors (Lipinski definition) is 0. The molecule has 5 nitrogen and oxygen atoms in total. The molecule has 0 saturated heterocycles. The van der Waals surface area contributed by atoms with Gasteiger partial charge in [0.2, 0.25) is 5.91 Å². The minimum Gasteiger partial charge on any atom is -0.496 e. The molecule has 1 rings (SSSR count). The lowest BCUT2D eigenvalue weighted by Gasteiger charge is -2.13. The van der Waals surface area contributed by atoms with E-state index in [9.17, 15) is 4.79 Å². The van der Waals surface area contributed by atoms with Crippen LogP contribution < -0.4 is 4.74 Å². The van der Waals surface area contributed by atoms with E-state index in [1.54, 1.807) is 13.2 Å². The third-order valence-corrected chi connectivity index (χ3v) is 2.63. The molecule has 1 amide bonds. The van der Waals surface area contributed by atoms with Gasteiger partial charge in [-0.3, -0.25) is 4.79 Å². The Morgan fingerprint density at radius 3 is 2.55 bits per heavy atom. The fourth-order valence-corrected chi connectivity index (χ4v) is 1.63. The Morgan fingerprint density at radius 2 is 2.00 bits per heavy atom. The van der Waals surface area contributed by atoms with Crippen LogP contribution >= 0.6 is 0 Å². The average molecular weight is 269 g/mol. The SMILES string of the molecule is COc1ccc(C)cc1C=CC(=O)N(CC#N)CC#N. The second-order valence-corrected chi connectivity index (χ2v) is 4.09. The van der Waals surface area contributed by atoms with Gasteiger partial charge in [0.05, 0.1) is 19.2 Å². The van der Waals surface area contributed by atoms with E-state index in [0.29, 0.717) is 5.75 Å². The molecule has 0 saturated carbocycles. The van der Waals surface area contributed by atoms with Crippen LogP contribution in [0.15, 0.2) is 24.3 Å². The highest BCUT2D eigenvalue weighted by atomic mass is 16.5. The standard InChI is InChI=1S/C15H15N3O2/c1-12-3-5-14(20-2)13(11-12)4-6-15(19)18(9-7-16)10-8-17/h3-6,11H,9-10H2,1-2H3. The first kappa shape index (κ1) is 15.3. The number of ether oxygens (including phenoxy) is 1. The second-order valence-electron chi connectivity index (χ2n) is 4.09. The first-order valence-electron chi connectivity index (χ1n) is 5.98. The summed E-state index contributed by atoms with van der Waals surface area (Å²) in [5.74, 6) is 0.281. The van der Waals surface area contributed by atoms with Gasteiger partial charge in [-0.1, -0.05) is 11.6 Å². The summed E-state index contributed by atoms with van der Waals surface area (Å²) in [7, 11) is 1.56. The minimum atomic E-state index is -0.378. The number of benzene rings is 1. The van der Waals surface area contributed by atoms with Crippen molar-refractivity contribution < 1.29 is 9.53 Å². The number of nitriles is 2. The number of carbonyl (C=O) groups excluding carboxylic acids is 1. The molecule has 1 aromatic carbocycles. The topological polar surface area (TPSA) is 77.1 Å². The van der Waals surface area contributed by atoms with Crippen molar-refractivity contribution in [2.45, 2.75) is 6.92 Å². The zero-order valence-corrected chi connectivity index (χ0v) is 11.5. The van der Waals surface area contributed by atoms with Crippen LogP contribution in [-0.4, -0.2) is 31.0 Å². The van der Waals surface area contributed by atoms with E-state index in [4.69, 9.17) is 15.3 Å². The fraction of sp³-hybridized carbons (Fsp3) is 0.267.